The van der Waals surface area contributed by atoms with Crippen molar-refractivity contribution >= 4 is 11.8 Å². The summed E-state index contributed by atoms with van der Waals surface area (Å²) in [6.45, 7) is 4.81. The third-order valence-electron chi connectivity index (χ3n) is 4.06. The standard InChI is InChI=1S/C15H21N7/c1-10-11(2)17-20-15(16-10)22-9-5-6-13(22)12-7-8-14(19-18-12)21(3)4/h7-8,13H,5-6,9H2,1-4H3. The van der Waals surface area contributed by atoms with E-state index in [1.165, 1.54) is 0 Å². The van der Waals surface area contributed by atoms with Crippen molar-refractivity contribution in [2.45, 2.75) is 32.7 Å². The molecular weight excluding hydrogens is 278 g/mol. The smallest absolute Gasteiger partial charge is 0.246 e. The minimum absolute atomic E-state index is 0.174. The average Bonchev–Trinajstić information content (AvgIpc) is 2.99. The number of hydrogen-bond acceptors (Lipinski definition) is 7. The molecular formula is C15H21N7. The van der Waals surface area contributed by atoms with E-state index in [2.05, 4.69) is 30.3 Å². The van der Waals surface area contributed by atoms with E-state index in [4.69, 9.17) is 0 Å². The largest absolute Gasteiger partial charge is 0.361 e. The molecule has 2 aromatic rings. The zero-order chi connectivity index (χ0) is 15.7. The van der Waals surface area contributed by atoms with Crippen LogP contribution in [0.25, 0.3) is 0 Å². The highest BCUT2D eigenvalue weighted by Gasteiger charge is 2.30. The zero-order valence-corrected chi connectivity index (χ0v) is 13.5. The molecule has 7 heteroatoms. The van der Waals surface area contributed by atoms with Crippen LogP contribution in [0.4, 0.5) is 11.8 Å². The van der Waals surface area contributed by atoms with Gasteiger partial charge in [0.2, 0.25) is 5.95 Å². The summed E-state index contributed by atoms with van der Waals surface area (Å²) in [7, 11) is 3.92. The third-order valence-corrected chi connectivity index (χ3v) is 4.06. The number of aromatic nitrogens is 5. The van der Waals surface area contributed by atoms with Gasteiger partial charge < -0.3 is 9.80 Å². The van der Waals surface area contributed by atoms with E-state index >= 15 is 0 Å². The molecule has 22 heavy (non-hydrogen) atoms. The van der Waals surface area contributed by atoms with Crippen LogP contribution in [0.3, 0.4) is 0 Å². The maximum Gasteiger partial charge on any atom is 0.246 e. The molecule has 116 valence electrons. The Hall–Kier alpha value is -2.31. The Bertz CT molecular complexity index is 653. The molecule has 0 radical (unpaired) electrons. The summed E-state index contributed by atoms with van der Waals surface area (Å²) in [6.07, 6.45) is 2.13. The molecule has 0 aromatic carbocycles. The van der Waals surface area contributed by atoms with Crippen molar-refractivity contribution in [3.8, 4) is 0 Å². The van der Waals surface area contributed by atoms with Crippen molar-refractivity contribution in [3.05, 3.63) is 29.2 Å². The maximum absolute atomic E-state index is 4.57. The van der Waals surface area contributed by atoms with Gasteiger partial charge in [-0.1, -0.05) is 0 Å². The van der Waals surface area contributed by atoms with Gasteiger partial charge in [-0.15, -0.1) is 10.2 Å². The quantitative estimate of drug-likeness (QED) is 0.854. The predicted molar refractivity (Wildman–Crippen MR) is 85.0 cm³/mol. The highest BCUT2D eigenvalue weighted by Crippen LogP contribution is 2.33. The first-order valence-electron chi connectivity index (χ1n) is 7.52. The lowest BCUT2D eigenvalue weighted by Gasteiger charge is -2.24. The second-order valence-electron chi connectivity index (χ2n) is 5.84. The van der Waals surface area contributed by atoms with Crippen LogP contribution < -0.4 is 9.80 Å². The number of rotatable bonds is 3. The Morgan fingerprint density at radius 1 is 1.05 bits per heavy atom. The van der Waals surface area contributed by atoms with Crippen molar-refractivity contribution in [1.82, 2.24) is 25.4 Å². The van der Waals surface area contributed by atoms with Gasteiger partial charge in [0, 0.05) is 20.6 Å². The summed E-state index contributed by atoms with van der Waals surface area (Å²) < 4.78 is 0. The molecule has 1 aliphatic heterocycles. The third kappa shape index (κ3) is 2.70. The van der Waals surface area contributed by atoms with Crippen LogP contribution in [0, 0.1) is 13.8 Å². The van der Waals surface area contributed by atoms with Crippen LogP contribution in [-0.4, -0.2) is 46.0 Å². The molecule has 0 bridgehead atoms. The summed E-state index contributed by atoms with van der Waals surface area (Å²) in [5.41, 5.74) is 2.75. The summed E-state index contributed by atoms with van der Waals surface area (Å²) in [6, 6.07) is 4.21. The Kier molecular flexibility index (Phi) is 3.87. The SMILES string of the molecule is Cc1nnc(N2CCCC2c2ccc(N(C)C)nn2)nc1C. The lowest BCUT2D eigenvalue weighted by Crippen LogP contribution is -2.26. The first-order chi connectivity index (χ1) is 10.6. The highest BCUT2D eigenvalue weighted by molar-refractivity contribution is 5.39. The summed E-state index contributed by atoms with van der Waals surface area (Å²) in [5, 5.41) is 17.1. The van der Waals surface area contributed by atoms with Crippen molar-refractivity contribution in [3.63, 3.8) is 0 Å². The Balaban J connectivity index is 1.87. The van der Waals surface area contributed by atoms with Crippen LogP contribution in [0.5, 0.6) is 0 Å². The molecule has 7 nitrogen and oxygen atoms in total. The Labute approximate surface area is 130 Å². The van der Waals surface area contributed by atoms with Gasteiger partial charge in [-0.05, 0) is 38.8 Å². The van der Waals surface area contributed by atoms with Gasteiger partial charge in [-0.2, -0.15) is 10.2 Å². The predicted octanol–water partition coefficient (Wildman–Crippen LogP) is 1.69. The van der Waals surface area contributed by atoms with Crippen LogP contribution in [0.1, 0.15) is 36.0 Å². The monoisotopic (exact) mass is 299 g/mol. The van der Waals surface area contributed by atoms with E-state index in [-0.39, 0.29) is 6.04 Å². The molecule has 0 amide bonds. The van der Waals surface area contributed by atoms with Gasteiger partial charge >= 0.3 is 0 Å². The van der Waals surface area contributed by atoms with Gasteiger partial charge in [-0.3, -0.25) is 0 Å². The van der Waals surface area contributed by atoms with Gasteiger partial charge in [0.25, 0.3) is 0 Å². The molecule has 1 fully saturated rings. The molecule has 1 aliphatic rings. The fourth-order valence-electron chi connectivity index (χ4n) is 2.63. The summed E-state index contributed by atoms with van der Waals surface area (Å²) >= 11 is 0. The zero-order valence-electron chi connectivity index (χ0n) is 13.5. The molecule has 0 N–H and O–H groups in total. The van der Waals surface area contributed by atoms with E-state index < -0.39 is 0 Å². The van der Waals surface area contributed by atoms with E-state index in [0.29, 0.717) is 5.95 Å². The first-order valence-corrected chi connectivity index (χ1v) is 7.52. The second-order valence-corrected chi connectivity index (χ2v) is 5.84. The van der Waals surface area contributed by atoms with Crippen molar-refractivity contribution < 1.29 is 0 Å². The maximum atomic E-state index is 4.57. The van der Waals surface area contributed by atoms with Gasteiger partial charge in [0.15, 0.2) is 5.82 Å². The van der Waals surface area contributed by atoms with Crippen LogP contribution >= 0.6 is 0 Å². The molecule has 2 aromatic heterocycles. The van der Waals surface area contributed by atoms with Crippen molar-refractivity contribution in [1.29, 1.82) is 0 Å². The lowest BCUT2D eigenvalue weighted by molar-refractivity contribution is 0.655. The molecule has 3 rings (SSSR count). The van der Waals surface area contributed by atoms with E-state index in [9.17, 15) is 0 Å². The summed E-state index contributed by atoms with van der Waals surface area (Å²) in [5.74, 6) is 1.54. The van der Waals surface area contributed by atoms with Crippen LogP contribution in [0.2, 0.25) is 0 Å². The topological polar surface area (TPSA) is 70.9 Å². The molecule has 0 saturated carbocycles. The number of anilines is 2. The minimum Gasteiger partial charge on any atom is -0.361 e. The van der Waals surface area contributed by atoms with Gasteiger partial charge in [0.05, 0.1) is 23.1 Å². The van der Waals surface area contributed by atoms with E-state index in [0.717, 1.165) is 42.3 Å². The van der Waals surface area contributed by atoms with Crippen molar-refractivity contribution in [2.75, 3.05) is 30.4 Å². The lowest BCUT2D eigenvalue weighted by atomic mass is 10.1. The number of aryl methyl sites for hydroxylation is 2. The van der Waals surface area contributed by atoms with Gasteiger partial charge in [0.1, 0.15) is 0 Å². The number of hydrogen-bond donors (Lipinski definition) is 0. The first kappa shape index (κ1) is 14.6. The molecule has 1 unspecified atom stereocenters. The second kappa shape index (κ2) is 5.82. The normalized spacial score (nSPS) is 17.8. The van der Waals surface area contributed by atoms with E-state index in [1.54, 1.807) is 0 Å². The molecule has 0 aliphatic carbocycles. The van der Waals surface area contributed by atoms with E-state index in [1.807, 2.05) is 45.0 Å². The number of nitrogens with zero attached hydrogens (tertiary/aromatic N) is 7. The fourth-order valence-corrected chi connectivity index (χ4v) is 2.63. The fraction of sp³-hybridized carbons (Fsp3) is 0.533. The Morgan fingerprint density at radius 3 is 2.50 bits per heavy atom. The Morgan fingerprint density at radius 2 is 1.86 bits per heavy atom. The molecule has 1 saturated heterocycles. The van der Waals surface area contributed by atoms with Crippen molar-refractivity contribution in [2.24, 2.45) is 0 Å². The minimum atomic E-state index is 0.174. The molecule has 1 atom stereocenters. The average molecular weight is 299 g/mol. The highest BCUT2D eigenvalue weighted by atomic mass is 15.4. The molecule has 3 heterocycles. The van der Waals surface area contributed by atoms with Crippen LogP contribution in [0.15, 0.2) is 12.1 Å². The van der Waals surface area contributed by atoms with Crippen LogP contribution in [-0.2, 0) is 0 Å². The molecule has 0 spiro atoms. The van der Waals surface area contributed by atoms with Gasteiger partial charge in [-0.25, -0.2) is 4.98 Å². The summed E-state index contributed by atoms with van der Waals surface area (Å²) in [4.78, 5) is 8.70.